The highest BCUT2D eigenvalue weighted by molar-refractivity contribution is 9.11. The molecule has 0 saturated carbocycles. The first kappa shape index (κ1) is 16.3. The van der Waals surface area contributed by atoms with E-state index >= 15 is 0 Å². The molecule has 0 spiro atoms. The van der Waals surface area contributed by atoms with Crippen LogP contribution in [0.5, 0.6) is 0 Å². The molecule has 1 atom stereocenters. The molecule has 0 bridgehead atoms. The van der Waals surface area contributed by atoms with Gasteiger partial charge in [-0.25, -0.2) is 0 Å². The third kappa shape index (κ3) is 4.20. The highest BCUT2D eigenvalue weighted by Gasteiger charge is 2.22. The third-order valence-electron chi connectivity index (χ3n) is 3.59. The third-order valence-corrected chi connectivity index (χ3v) is 4.84. The Bertz CT molecular complexity index is 442. The number of halogens is 2. The fourth-order valence-electron chi connectivity index (χ4n) is 2.42. The van der Waals surface area contributed by atoms with Crippen LogP contribution >= 0.6 is 31.9 Å². The molecular formula is C15H22Br2N2O. The summed E-state index contributed by atoms with van der Waals surface area (Å²) in [7, 11) is 0. The van der Waals surface area contributed by atoms with E-state index in [1.807, 2.05) is 0 Å². The number of aryl methyl sites for hydroxylation is 1. The van der Waals surface area contributed by atoms with E-state index in [0.717, 1.165) is 40.9 Å². The SMILES string of the molecule is Cc1cc(Br)c(NCC2CN(C(C)C)CCO2)c(Br)c1. The van der Waals surface area contributed by atoms with Crippen molar-refractivity contribution < 1.29 is 4.74 Å². The van der Waals surface area contributed by atoms with Gasteiger partial charge in [0, 0.05) is 34.6 Å². The van der Waals surface area contributed by atoms with E-state index in [-0.39, 0.29) is 6.10 Å². The minimum Gasteiger partial charge on any atom is -0.381 e. The number of ether oxygens (including phenoxy) is 1. The summed E-state index contributed by atoms with van der Waals surface area (Å²) in [5, 5.41) is 3.49. The molecule has 1 unspecified atom stereocenters. The van der Waals surface area contributed by atoms with Crippen molar-refractivity contribution in [3.05, 3.63) is 26.6 Å². The Morgan fingerprint density at radius 2 is 2.00 bits per heavy atom. The molecule has 1 aliphatic rings. The number of morpholine rings is 1. The van der Waals surface area contributed by atoms with Crippen molar-refractivity contribution in [2.45, 2.75) is 32.9 Å². The Morgan fingerprint density at radius 1 is 1.35 bits per heavy atom. The van der Waals surface area contributed by atoms with E-state index in [4.69, 9.17) is 4.74 Å². The lowest BCUT2D eigenvalue weighted by Gasteiger charge is -2.35. The van der Waals surface area contributed by atoms with Crippen molar-refractivity contribution in [3.63, 3.8) is 0 Å². The summed E-state index contributed by atoms with van der Waals surface area (Å²) in [5.41, 5.74) is 2.33. The number of nitrogens with one attached hydrogen (secondary N) is 1. The molecule has 0 aromatic heterocycles. The highest BCUT2D eigenvalue weighted by Crippen LogP contribution is 2.32. The Balaban J connectivity index is 1.95. The van der Waals surface area contributed by atoms with Gasteiger partial charge < -0.3 is 10.1 Å². The van der Waals surface area contributed by atoms with E-state index in [2.05, 4.69) is 75.0 Å². The maximum absolute atomic E-state index is 5.85. The average Bonchev–Trinajstić information content (AvgIpc) is 2.37. The Kier molecular flexibility index (Phi) is 5.90. The highest BCUT2D eigenvalue weighted by atomic mass is 79.9. The molecule has 112 valence electrons. The lowest BCUT2D eigenvalue weighted by molar-refractivity contribution is -0.0315. The van der Waals surface area contributed by atoms with Crippen molar-refractivity contribution in [1.29, 1.82) is 0 Å². The van der Waals surface area contributed by atoms with Gasteiger partial charge in [-0.3, -0.25) is 4.90 Å². The van der Waals surface area contributed by atoms with E-state index in [1.54, 1.807) is 0 Å². The first-order valence-electron chi connectivity index (χ1n) is 7.02. The zero-order valence-corrected chi connectivity index (χ0v) is 15.4. The maximum atomic E-state index is 5.85. The fourth-order valence-corrected chi connectivity index (χ4v) is 4.12. The summed E-state index contributed by atoms with van der Waals surface area (Å²) in [6, 6.07) is 4.82. The molecule has 2 rings (SSSR count). The Labute approximate surface area is 138 Å². The standard InChI is InChI=1S/C15H22Br2N2O/c1-10(2)19-4-5-20-12(9-19)8-18-15-13(16)6-11(3)7-14(15)17/h6-7,10,12,18H,4-5,8-9H2,1-3H3. The molecule has 1 N–H and O–H groups in total. The summed E-state index contributed by atoms with van der Waals surface area (Å²) in [5.74, 6) is 0. The molecule has 1 fully saturated rings. The van der Waals surface area contributed by atoms with Gasteiger partial charge in [0.05, 0.1) is 18.4 Å². The monoisotopic (exact) mass is 404 g/mol. The van der Waals surface area contributed by atoms with E-state index in [9.17, 15) is 0 Å². The van der Waals surface area contributed by atoms with Crippen molar-refractivity contribution in [2.24, 2.45) is 0 Å². The summed E-state index contributed by atoms with van der Waals surface area (Å²) in [6.07, 6.45) is 0.242. The van der Waals surface area contributed by atoms with Gasteiger partial charge in [0.1, 0.15) is 0 Å². The van der Waals surface area contributed by atoms with Crippen LogP contribution < -0.4 is 5.32 Å². The molecule has 20 heavy (non-hydrogen) atoms. The van der Waals surface area contributed by atoms with Crippen LogP contribution in [0.25, 0.3) is 0 Å². The Morgan fingerprint density at radius 3 is 2.60 bits per heavy atom. The normalized spacial score (nSPS) is 20.4. The molecular weight excluding hydrogens is 384 g/mol. The second-order valence-corrected chi connectivity index (χ2v) is 7.27. The van der Waals surface area contributed by atoms with Gasteiger partial charge in [-0.15, -0.1) is 0 Å². The summed E-state index contributed by atoms with van der Waals surface area (Å²) in [6.45, 7) is 10.2. The molecule has 0 radical (unpaired) electrons. The maximum Gasteiger partial charge on any atom is 0.0874 e. The van der Waals surface area contributed by atoms with Crippen molar-refractivity contribution in [3.8, 4) is 0 Å². The van der Waals surface area contributed by atoms with Gasteiger partial charge in [-0.1, -0.05) is 0 Å². The number of hydrogen-bond donors (Lipinski definition) is 1. The largest absolute Gasteiger partial charge is 0.381 e. The van der Waals surface area contributed by atoms with Gasteiger partial charge in [-0.05, 0) is 70.3 Å². The first-order valence-corrected chi connectivity index (χ1v) is 8.61. The fraction of sp³-hybridized carbons (Fsp3) is 0.600. The van der Waals surface area contributed by atoms with Gasteiger partial charge in [-0.2, -0.15) is 0 Å². The smallest absolute Gasteiger partial charge is 0.0874 e. The molecule has 3 nitrogen and oxygen atoms in total. The minimum atomic E-state index is 0.242. The first-order chi connectivity index (χ1) is 9.47. The van der Waals surface area contributed by atoms with Crippen LogP contribution in [0.1, 0.15) is 19.4 Å². The lowest BCUT2D eigenvalue weighted by atomic mass is 10.2. The molecule has 1 aliphatic heterocycles. The molecule has 0 aliphatic carbocycles. The predicted molar refractivity (Wildman–Crippen MR) is 91.5 cm³/mol. The van der Waals surface area contributed by atoms with E-state index < -0.39 is 0 Å². The Hall–Kier alpha value is -0.100. The minimum absolute atomic E-state index is 0.242. The summed E-state index contributed by atoms with van der Waals surface area (Å²) < 4.78 is 8.02. The summed E-state index contributed by atoms with van der Waals surface area (Å²) in [4.78, 5) is 2.47. The van der Waals surface area contributed by atoms with Crippen LogP contribution in [0.3, 0.4) is 0 Å². The van der Waals surface area contributed by atoms with E-state index in [0.29, 0.717) is 6.04 Å². The number of rotatable bonds is 4. The van der Waals surface area contributed by atoms with Gasteiger partial charge >= 0.3 is 0 Å². The number of hydrogen-bond acceptors (Lipinski definition) is 3. The zero-order valence-electron chi connectivity index (χ0n) is 12.2. The molecule has 1 heterocycles. The molecule has 1 aromatic carbocycles. The number of nitrogens with zero attached hydrogens (tertiary/aromatic N) is 1. The van der Waals surface area contributed by atoms with Gasteiger partial charge in [0.2, 0.25) is 0 Å². The average molecular weight is 406 g/mol. The molecule has 5 heteroatoms. The van der Waals surface area contributed by atoms with Crippen LogP contribution in [-0.2, 0) is 4.74 Å². The van der Waals surface area contributed by atoms with Crippen LogP contribution in [-0.4, -0.2) is 43.3 Å². The van der Waals surface area contributed by atoms with Gasteiger partial charge in [0.15, 0.2) is 0 Å². The number of anilines is 1. The van der Waals surface area contributed by atoms with E-state index in [1.165, 1.54) is 5.56 Å². The van der Waals surface area contributed by atoms with Crippen molar-refractivity contribution in [2.75, 3.05) is 31.6 Å². The summed E-state index contributed by atoms with van der Waals surface area (Å²) >= 11 is 7.23. The second-order valence-electron chi connectivity index (χ2n) is 5.57. The lowest BCUT2D eigenvalue weighted by Crippen LogP contribution is -2.48. The second kappa shape index (κ2) is 7.25. The van der Waals surface area contributed by atoms with Crippen LogP contribution in [0.2, 0.25) is 0 Å². The van der Waals surface area contributed by atoms with Crippen LogP contribution in [0.4, 0.5) is 5.69 Å². The molecule has 1 saturated heterocycles. The zero-order chi connectivity index (χ0) is 14.7. The predicted octanol–water partition coefficient (Wildman–Crippen LogP) is 4.04. The van der Waals surface area contributed by atoms with Crippen LogP contribution in [0.15, 0.2) is 21.1 Å². The molecule has 1 aromatic rings. The van der Waals surface area contributed by atoms with Gasteiger partial charge in [0.25, 0.3) is 0 Å². The quantitative estimate of drug-likeness (QED) is 0.817. The topological polar surface area (TPSA) is 24.5 Å². The molecule has 0 amide bonds. The van der Waals surface area contributed by atoms with Crippen molar-refractivity contribution in [1.82, 2.24) is 4.90 Å². The van der Waals surface area contributed by atoms with Crippen molar-refractivity contribution >= 4 is 37.5 Å². The number of benzene rings is 1. The van der Waals surface area contributed by atoms with Crippen LogP contribution in [0, 0.1) is 6.92 Å².